The minimum atomic E-state index is -0.176. The number of rotatable bonds is 4. The van der Waals surface area contributed by atoms with E-state index in [1.54, 1.807) is 6.20 Å². The van der Waals surface area contributed by atoms with Gasteiger partial charge in [-0.2, -0.15) is 0 Å². The Balaban J connectivity index is 1.60. The Bertz CT molecular complexity index is 1220. The van der Waals surface area contributed by atoms with Gasteiger partial charge in [0.25, 0.3) is 0 Å². The third-order valence-corrected chi connectivity index (χ3v) is 5.99. The Morgan fingerprint density at radius 2 is 1.84 bits per heavy atom. The molecule has 2 aromatic heterocycles. The van der Waals surface area contributed by atoms with Crippen LogP contribution in [0.4, 0.5) is 5.69 Å². The Morgan fingerprint density at radius 1 is 1.00 bits per heavy atom. The molecule has 0 aliphatic carbocycles. The van der Waals surface area contributed by atoms with Gasteiger partial charge in [-0.05, 0) is 85.4 Å². The molecule has 0 radical (unpaired) electrons. The number of hydrogen-bond acceptors (Lipinski definition) is 3. The first-order chi connectivity index (χ1) is 15.1. The van der Waals surface area contributed by atoms with E-state index >= 15 is 0 Å². The number of pyridine rings is 1. The van der Waals surface area contributed by atoms with Crippen molar-refractivity contribution in [2.45, 2.75) is 19.0 Å². The molecule has 1 fully saturated rings. The number of hydrogen-bond donors (Lipinski definition) is 1. The number of nitrogens with one attached hydrogen (secondary N) is 1. The maximum Gasteiger partial charge on any atom is 0.174 e. The molecule has 5 rings (SSSR count). The van der Waals surface area contributed by atoms with Crippen molar-refractivity contribution >= 4 is 34.6 Å². The predicted molar refractivity (Wildman–Crippen MR) is 128 cm³/mol. The monoisotopic (exact) mass is 445 g/mol. The van der Waals surface area contributed by atoms with E-state index in [0.717, 1.165) is 28.5 Å². The molecule has 0 amide bonds. The molecule has 154 valence electrons. The van der Waals surface area contributed by atoms with E-state index < -0.39 is 0 Å². The summed E-state index contributed by atoms with van der Waals surface area (Å²) >= 11 is 11.8. The second-order valence-corrected chi connectivity index (χ2v) is 8.37. The highest BCUT2D eigenvalue weighted by molar-refractivity contribution is 7.80. The molecule has 31 heavy (non-hydrogen) atoms. The van der Waals surface area contributed by atoms with Gasteiger partial charge in [0, 0.05) is 22.5 Å². The molecular formula is C25H20ClN3OS. The summed E-state index contributed by atoms with van der Waals surface area (Å²) in [6.45, 7) is 2.08. The van der Waals surface area contributed by atoms with E-state index in [0.29, 0.717) is 10.1 Å². The van der Waals surface area contributed by atoms with Gasteiger partial charge in [-0.3, -0.25) is 4.98 Å². The van der Waals surface area contributed by atoms with Crippen LogP contribution in [0.25, 0.3) is 11.3 Å². The first-order valence-corrected chi connectivity index (χ1v) is 10.8. The van der Waals surface area contributed by atoms with Crippen molar-refractivity contribution in [1.82, 2.24) is 10.3 Å². The van der Waals surface area contributed by atoms with Crippen LogP contribution < -0.4 is 10.2 Å². The Kier molecular flexibility index (Phi) is 5.22. The number of halogens is 1. The maximum absolute atomic E-state index is 6.36. The molecule has 2 unspecified atom stereocenters. The SMILES string of the molecule is Cc1cccc(N2C(=S)NC(c3ccccn3)C2c2ccc(-c3ccc(Cl)cc3)o2)c1. The van der Waals surface area contributed by atoms with Gasteiger partial charge in [0.15, 0.2) is 5.11 Å². The summed E-state index contributed by atoms with van der Waals surface area (Å²) in [5, 5.41) is 4.81. The zero-order chi connectivity index (χ0) is 21.4. The van der Waals surface area contributed by atoms with Crippen LogP contribution in [-0.4, -0.2) is 10.1 Å². The normalized spacial score (nSPS) is 18.3. The van der Waals surface area contributed by atoms with Crippen molar-refractivity contribution in [2.75, 3.05) is 4.90 Å². The zero-order valence-electron chi connectivity index (χ0n) is 16.8. The lowest BCUT2D eigenvalue weighted by atomic mass is 10.0. The third kappa shape index (κ3) is 3.82. The van der Waals surface area contributed by atoms with Crippen molar-refractivity contribution in [1.29, 1.82) is 0 Å². The largest absolute Gasteiger partial charge is 0.459 e. The zero-order valence-corrected chi connectivity index (χ0v) is 18.4. The second kappa shape index (κ2) is 8.17. The first kappa shape index (κ1) is 19.8. The van der Waals surface area contributed by atoms with Gasteiger partial charge in [0.1, 0.15) is 17.6 Å². The van der Waals surface area contributed by atoms with Crippen LogP contribution in [0.2, 0.25) is 5.02 Å². The molecule has 0 bridgehead atoms. The fourth-order valence-corrected chi connectivity index (χ4v) is 4.45. The highest BCUT2D eigenvalue weighted by Gasteiger charge is 2.42. The lowest BCUT2D eigenvalue weighted by Crippen LogP contribution is -2.29. The molecule has 3 heterocycles. The molecule has 0 spiro atoms. The van der Waals surface area contributed by atoms with E-state index in [2.05, 4.69) is 40.3 Å². The van der Waals surface area contributed by atoms with Gasteiger partial charge in [-0.25, -0.2) is 0 Å². The Morgan fingerprint density at radius 3 is 2.58 bits per heavy atom. The van der Waals surface area contributed by atoms with Crippen molar-refractivity contribution in [2.24, 2.45) is 0 Å². The number of benzene rings is 2. The third-order valence-electron chi connectivity index (χ3n) is 5.42. The highest BCUT2D eigenvalue weighted by atomic mass is 35.5. The van der Waals surface area contributed by atoms with E-state index in [4.69, 9.17) is 28.2 Å². The van der Waals surface area contributed by atoms with Gasteiger partial charge in [-0.1, -0.05) is 29.8 Å². The van der Waals surface area contributed by atoms with Crippen molar-refractivity contribution in [3.05, 3.63) is 107 Å². The Labute approximate surface area is 191 Å². The molecule has 0 saturated carbocycles. The van der Waals surface area contributed by atoms with E-state index in [9.17, 15) is 0 Å². The topological polar surface area (TPSA) is 41.3 Å². The van der Waals surface area contributed by atoms with E-state index in [-0.39, 0.29) is 12.1 Å². The summed E-state index contributed by atoms with van der Waals surface area (Å²) in [7, 11) is 0. The standard InChI is InChI=1S/C25H20ClN3OS/c1-16-5-4-6-19(15-16)29-24(23(28-25(29)31)20-7-2-3-14-27-20)22-13-12-21(30-22)17-8-10-18(26)11-9-17/h2-15,23-24H,1H3,(H,28,31). The number of thiocarbonyl (C=S) groups is 1. The number of nitrogens with zero attached hydrogens (tertiary/aromatic N) is 2. The van der Waals surface area contributed by atoms with E-state index in [1.165, 1.54) is 5.56 Å². The maximum atomic E-state index is 6.36. The average molecular weight is 446 g/mol. The molecule has 2 aromatic carbocycles. The van der Waals surface area contributed by atoms with Crippen molar-refractivity contribution in [3.8, 4) is 11.3 Å². The summed E-state index contributed by atoms with van der Waals surface area (Å²) in [6, 6.07) is 25.5. The van der Waals surface area contributed by atoms with Crippen LogP contribution in [0.3, 0.4) is 0 Å². The molecule has 4 nitrogen and oxygen atoms in total. The van der Waals surface area contributed by atoms with Crippen LogP contribution in [0, 0.1) is 6.92 Å². The number of anilines is 1. The number of furan rings is 1. The first-order valence-electron chi connectivity index (χ1n) is 10.0. The van der Waals surface area contributed by atoms with Gasteiger partial charge in [0.05, 0.1) is 11.7 Å². The average Bonchev–Trinajstić information content (AvgIpc) is 3.39. The van der Waals surface area contributed by atoms with E-state index in [1.807, 2.05) is 60.7 Å². The molecular weight excluding hydrogens is 426 g/mol. The molecule has 1 saturated heterocycles. The van der Waals surface area contributed by atoms with Gasteiger partial charge < -0.3 is 14.6 Å². The van der Waals surface area contributed by atoms with Gasteiger partial charge in [0.2, 0.25) is 0 Å². The van der Waals surface area contributed by atoms with Crippen molar-refractivity contribution < 1.29 is 4.42 Å². The van der Waals surface area contributed by atoms with Gasteiger partial charge in [-0.15, -0.1) is 0 Å². The smallest absolute Gasteiger partial charge is 0.174 e. The molecule has 1 N–H and O–H groups in total. The summed E-state index contributed by atoms with van der Waals surface area (Å²) in [5.74, 6) is 1.60. The lowest BCUT2D eigenvalue weighted by Gasteiger charge is -2.26. The fourth-order valence-electron chi connectivity index (χ4n) is 3.98. The van der Waals surface area contributed by atoms with Crippen LogP contribution >= 0.6 is 23.8 Å². The summed E-state index contributed by atoms with van der Waals surface area (Å²) < 4.78 is 6.36. The minimum Gasteiger partial charge on any atom is -0.459 e. The molecule has 1 aliphatic heterocycles. The van der Waals surface area contributed by atoms with Gasteiger partial charge >= 0.3 is 0 Å². The van der Waals surface area contributed by atoms with Crippen LogP contribution in [0.5, 0.6) is 0 Å². The quantitative estimate of drug-likeness (QED) is 0.364. The molecule has 1 aliphatic rings. The summed E-state index contributed by atoms with van der Waals surface area (Å²) in [5.41, 5.74) is 4.07. The molecule has 6 heteroatoms. The minimum absolute atomic E-state index is 0.140. The number of aryl methyl sites for hydroxylation is 1. The van der Waals surface area contributed by atoms with Crippen LogP contribution in [0.1, 0.15) is 29.1 Å². The summed E-state index contributed by atoms with van der Waals surface area (Å²) in [6.07, 6.45) is 1.80. The molecule has 4 aromatic rings. The summed E-state index contributed by atoms with van der Waals surface area (Å²) in [4.78, 5) is 6.70. The lowest BCUT2D eigenvalue weighted by molar-refractivity contribution is 0.439. The highest BCUT2D eigenvalue weighted by Crippen LogP contribution is 2.43. The Hall–Kier alpha value is -3.15. The second-order valence-electron chi connectivity index (χ2n) is 7.54. The predicted octanol–water partition coefficient (Wildman–Crippen LogP) is 6.48. The fraction of sp³-hybridized carbons (Fsp3) is 0.120. The van der Waals surface area contributed by atoms with Crippen LogP contribution in [0.15, 0.2) is 89.5 Å². The van der Waals surface area contributed by atoms with Crippen molar-refractivity contribution in [3.63, 3.8) is 0 Å². The number of aromatic nitrogens is 1. The molecule has 2 atom stereocenters. The van der Waals surface area contributed by atoms with Crippen LogP contribution in [-0.2, 0) is 0 Å².